The van der Waals surface area contributed by atoms with Crippen LogP contribution in [0, 0.1) is 0 Å². The van der Waals surface area contributed by atoms with Gasteiger partial charge in [0.25, 0.3) is 5.91 Å². The van der Waals surface area contributed by atoms with Gasteiger partial charge in [0.2, 0.25) is 0 Å². The summed E-state index contributed by atoms with van der Waals surface area (Å²) in [7, 11) is 0. The molecule has 0 aliphatic carbocycles. The SMILES string of the molecule is O=C(COC(=O)c1cc2ccccc2[nH]1)NCc1ccc(Cl)cc1Cl. The molecule has 0 unspecified atom stereocenters. The molecule has 25 heavy (non-hydrogen) atoms. The van der Waals surface area contributed by atoms with E-state index in [1.165, 1.54) is 0 Å². The van der Waals surface area contributed by atoms with Crippen molar-refractivity contribution in [1.82, 2.24) is 10.3 Å². The van der Waals surface area contributed by atoms with E-state index in [4.69, 9.17) is 27.9 Å². The fourth-order valence-electron chi connectivity index (χ4n) is 2.30. The van der Waals surface area contributed by atoms with Crippen molar-refractivity contribution >= 4 is 46.0 Å². The van der Waals surface area contributed by atoms with Crippen molar-refractivity contribution in [3.05, 3.63) is 69.8 Å². The Hall–Kier alpha value is -2.50. The predicted octanol–water partition coefficient (Wildman–Crippen LogP) is 3.95. The van der Waals surface area contributed by atoms with Gasteiger partial charge in [0.15, 0.2) is 6.61 Å². The molecule has 0 fully saturated rings. The Balaban J connectivity index is 1.52. The molecule has 2 N–H and O–H groups in total. The number of aromatic amines is 1. The van der Waals surface area contributed by atoms with Crippen LogP contribution in [0.5, 0.6) is 0 Å². The van der Waals surface area contributed by atoms with Gasteiger partial charge >= 0.3 is 5.97 Å². The van der Waals surface area contributed by atoms with Crippen LogP contribution in [0.15, 0.2) is 48.5 Å². The molecule has 3 rings (SSSR count). The number of aromatic nitrogens is 1. The van der Waals surface area contributed by atoms with Gasteiger partial charge in [0, 0.05) is 27.5 Å². The zero-order valence-electron chi connectivity index (χ0n) is 13.0. The minimum absolute atomic E-state index is 0.221. The molecule has 0 spiro atoms. The minimum atomic E-state index is -0.587. The van der Waals surface area contributed by atoms with Crippen molar-refractivity contribution < 1.29 is 14.3 Å². The van der Waals surface area contributed by atoms with Crippen LogP contribution in [0.4, 0.5) is 0 Å². The topological polar surface area (TPSA) is 71.2 Å². The quantitative estimate of drug-likeness (QED) is 0.662. The zero-order chi connectivity index (χ0) is 17.8. The number of esters is 1. The van der Waals surface area contributed by atoms with E-state index < -0.39 is 11.9 Å². The maximum Gasteiger partial charge on any atom is 0.355 e. The van der Waals surface area contributed by atoms with E-state index in [9.17, 15) is 9.59 Å². The van der Waals surface area contributed by atoms with E-state index in [1.807, 2.05) is 24.3 Å². The molecular weight excluding hydrogens is 363 g/mol. The Morgan fingerprint density at radius 2 is 1.88 bits per heavy atom. The lowest BCUT2D eigenvalue weighted by molar-refractivity contribution is -0.124. The van der Waals surface area contributed by atoms with Crippen LogP contribution in [0.25, 0.3) is 10.9 Å². The number of ether oxygens (including phenoxy) is 1. The second kappa shape index (κ2) is 7.59. The summed E-state index contributed by atoms with van der Waals surface area (Å²) in [6.07, 6.45) is 0. The summed E-state index contributed by atoms with van der Waals surface area (Å²) in [5.74, 6) is -1.01. The zero-order valence-corrected chi connectivity index (χ0v) is 14.5. The largest absolute Gasteiger partial charge is 0.451 e. The van der Waals surface area contributed by atoms with E-state index in [1.54, 1.807) is 24.3 Å². The number of benzene rings is 2. The molecule has 0 aliphatic rings. The lowest BCUT2D eigenvalue weighted by Gasteiger charge is -2.08. The van der Waals surface area contributed by atoms with Gasteiger partial charge in [-0.05, 0) is 29.8 Å². The first-order valence-electron chi connectivity index (χ1n) is 7.48. The van der Waals surface area contributed by atoms with Crippen molar-refractivity contribution in [2.75, 3.05) is 6.61 Å². The van der Waals surface area contributed by atoms with Crippen LogP contribution >= 0.6 is 23.2 Å². The highest BCUT2D eigenvalue weighted by molar-refractivity contribution is 6.35. The Labute approximate surface area is 153 Å². The fourth-order valence-corrected chi connectivity index (χ4v) is 2.78. The van der Waals surface area contributed by atoms with Crippen LogP contribution < -0.4 is 5.32 Å². The molecule has 0 atom stereocenters. The normalized spacial score (nSPS) is 10.6. The number of carbonyl (C=O) groups is 2. The van der Waals surface area contributed by atoms with E-state index in [0.717, 1.165) is 16.5 Å². The summed E-state index contributed by atoms with van der Waals surface area (Å²) in [4.78, 5) is 26.8. The molecule has 0 bridgehead atoms. The lowest BCUT2D eigenvalue weighted by Crippen LogP contribution is -2.28. The molecular formula is C18H14Cl2N2O3. The molecule has 5 nitrogen and oxygen atoms in total. The van der Waals surface area contributed by atoms with Crippen molar-refractivity contribution in [2.45, 2.75) is 6.54 Å². The Morgan fingerprint density at radius 1 is 1.08 bits per heavy atom. The van der Waals surface area contributed by atoms with Gasteiger partial charge in [0.05, 0.1) is 0 Å². The molecule has 1 heterocycles. The number of amides is 1. The number of halogens is 2. The third kappa shape index (κ3) is 4.32. The Kier molecular flexibility index (Phi) is 5.26. The molecule has 0 radical (unpaired) electrons. The number of H-pyrrole nitrogens is 1. The van der Waals surface area contributed by atoms with Crippen molar-refractivity contribution in [3.63, 3.8) is 0 Å². The first kappa shape index (κ1) is 17.3. The predicted molar refractivity (Wildman–Crippen MR) is 96.9 cm³/mol. The number of rotatable bonds is 5. The monoisotopic (exact) mass is 376 g/mol. The number of hydrogen-bond donors (Lipinski definition) is 2. The van der Waals surface area contributed by atoms with Crippen molar-refractivity contribution in [2.24, 2.45) is 0 Å². The summed E-state index contributed by atoms with van der Waals surface area (Å²) < 4.78 is 5.02. The molecule has 2 aromatic carbocycles. The Morgan fingerprint density at radius 3 is 2.64 bits per heavy atom. The first-order chi connectivity index (χ1) is 12.0. The molecule has 0 saturated heterocycles. The summed E-state index contributed by atoms with van der Waals surface area (Å²) in [5.41, 5.74) is 1.85. The maximum atomic E-state index is 12.0. The van der Waals surface area contributed by atoms with Gasteiger partial charge in [0.1, 0.15) is 5.69 Å². The van der Waals surface area contributed by atoms with Crippen LogP contribution in [0.2, 0.25) is 10.0 Å². The molecule has 3 aromatic rings. The van der Waals surface area contributed by atoms with Crippen LogP contribution in [0.1, 0.15) is 16.1 Å². The second-order valence-corrected chi connectivity index (χ2v) is 6.20. The lowest BCUT2D eigenvalue weighted by atomic mass is 10.2. The molecule has 128 valence electrons. The van der Waals surface area contributed by atoms with Crippen LogP contribution in [0.3, 0.4) is 0 Å². The van der Waals surface area contributed by atoms with Gasteiger partial charge in [-0.1, -0.05) is 47.5 Å². The van der Waals surface area contributed by atoms with Gasteiger partial charge in [-0.2, -0.15) is 0 Å². The highest BCUT2D eigenvalue weighted by Gasteiger charge is 2.13. The van der Waals surface area contributed by atoms with Gasteiger partial charge in [-0.15, -0.1) is 0 Å². The average Bonchev–Trinajstić information content (AvgIpc) is 3.03. The van der Waals surface area contributed by atoms with E-state index in [0.29, 0.717) is 15.7 Å². The second-order valence-electron chi connectivity index (χ2n) is 5.36. The minimum Gasteiger partial charge on any atom is -0.451 e. The summed E-state index contributed by atoms with van der Waals surface area (Å²) in [6, 6.07) is 14.2. The summed E-state index contributed by atoms with van der Waals surface area (Å²) in [6.45, 7) is -0.155. The average molecular weight is 377 g/mol. The summed E-state index contributed by atoms with van der Waals surface area (Å²) in [5, 5.41) is 4.52. The molecule has 7 heteroatoms. The van der Waals surface area contributed by atoms with E-state index >= 15 is 0 Å². The highest BCUT2D eigenvalue weighted by Crippen LogP contribution is 2.20. The summed E-state index contributed by atoms with van der Waals surface area (Å²) >= 11 is 11.9. The smallest absolute Gasteiger partial charge is 0.355 e. The van der Waals surface area contributed by atoms with Crippen molar-refractivity contribution in [1.29, 1.82) is 0 Å². The molecule has 0 aliphatic heterocycles. The number of hydrogen-bond acceptors (Lipinski definition) is 3. The first-order valence-corrected chi connectivity index (χ1v) is 8.24. The van der Waals surface area contributed by atoms with Crippen LogP contribution in [-0.2, 0) is 16.1 Å². The number of carbonyl (C=O) groups excluding carboxylic acids is 2. The molecule has 1 aromatic heterocycles. The van der Waals surface area contributed by atoms with Crippen molar-refractivity contribution in [3.8, 4) is 0 Å². The number of fused-ring (bicyclic) bond motifs is 1. The van der Waals surface area contributed by atoms with E-state index in [2.05, 4.69) is 10.3 Å². The van der Waals surface area contributed by atoms with E-state index in [-0.39, 0.29) is 13.2 Å². The third-order valence-corrected chi connectivity index (χ3v) is 4.16. The van der Waals surface area contributed by atoms with Gasteiger partial charge < -0.3 is 15.0 Å². The third-order valence-electron chi connectivity index (χ3n) is 3.58. The highest BCUT2D eigenvalue weighted by atomic mass is 35.5. The number of para-hydroxylation sites is 1. The maximum absolute atomic E-state index is 12.0. The molecule has 1 amide bonds. The van der Waals surface area contributed by atoms with Crippen LogP contribution in [-0.4, -0.2) is 23.5 Å². The van der Waals surface area contributed by atoms with Gasteiger partial charge in [-0.3, -0.25) is 4.79 Å². The molecule has 0 saturated carbocycles. The number of nitrogens with one attached hydrogen (secondary N) is 2. The van der Waals surface area contributed by atoms with Gasteiger partial charge in [-0.25, -0.2) is 4.79 Å². The fraction of sp³-hybridized carbons (Fsp3) is 0.111. The Bertz CT molecular complexity index is 904. The standard InChI is InChI=1S/C18H14Cl2N2O3/c19-13-6-5-12(14(20)8-13)9-21-17(23)10-25-18(24)16-7-11-3-1-2-4-15(11)22-16/h1-8,22H,9-10H2,(H,21,23).